The first-order valence-corrected chi connectivity index (χ1v) is 10.3. The van der Waals surface area contributed by atoms with Crippen LogP contribution >= 0.6 is 0 Å². The molecule has 1 aliphatic rings. The average molecular weight is 447 g/mol. The number of aromatic nitrogens is 1. The van der Waals surface area contributed by atoms with Gasteiger partial charge in [-0.15, -0.1) is 5.06 Å². The van der Waals surface area contributed by atoms with Gasteiger partial charge in [0, 0.05) is 31.6 Å². The fourth-order valence-corrected chi connectivity index (χ4v) is 3.55. The first-order chi connectivity index (χ1) is 15.1. The Kier molecular flexibility index (Phi) is 6.63. The van der Waals surface area contributed by atoms with Crippen molar-refractivity contribution >= 4 is 28.9 Å². The Bertz CT molecular complexity index is 1030. The Hall–Kier alpha value is -3.27. The highest BCUT2D eigenvalue weighted by molar-refractivity contribution is 6.13. The van der Waals surface area contributed by atoms with E-state index in [0.717, 1.165) is 0 Å². The van der Waals surface area contributed by atoms with E-state index in [0.29, 0.717) is 42.8 Å². The van der Waals surface area contributed by atoms with Crippen LogP contribution < -0.4 is 4.84 Å². The molecule has 1 fully saturated rings. The maximum absolute atomic E-state index is 12.3. The zero-order valence-electron chi connectivity index (χ0n) is 19.3. The maximum Gasteiger partial charge on any atom is 0.410 e. The number of carbonyl (C=O) groups is 3. The Labute approximate surface area is 186 Å². The van der Waals surface area contributed by atoms with Crippen LogP contribution in [-0.2, 0) is 21.3 Å². The van der Waals surface area contributed by atoms with Gasteiger partial charge < -0.3 is 28.5 Å². The summed E-state index contributed by atoms with van der Waals surface area (Å²) in [5, 5.41) is 2.31. The summed E-state index contributed by atoms with van der Waals surface area (Å²) in [5.74, 6) is -0.718. The molecule has 0 aliphatic carbocycles. The van der Waals surface area contributed by atoms with Gasteiger partial charge >= 0.3 is 18.0 Å². The number of carbonyl (C=O) groups excluding carboxylic acids is 3. The predicted molar refractivity (Wildman–Crippen MR) is 116 cm³/mol. The normalized spacial score (nSPS) is 14.9. The third-order valence-corrected chi connectivity index (χ3v) is 5.07. The SMILES string of the molecule is COC(=O)c1c(C(=O)OC)n(C)c2cc(ON3CCN(C(=O)OC(C)(C)C)CC3)ccc12. The predicted octanol–water partition coefficient (Wildman–Crippen LogP) is 2.60. The van der Waals surface area contributed by atoms with E-state index >= 15 is 0 Å². The fraction of sp³-hybridized carbons (Fsp3) is 0.500. The second-order valence-electron chi connectivity index (χ2n) is 8.43. The lowest BCUT2D eigenvalue weighted by atomic mass is 10.1. The number of hydroxylamine groups is 2. The number of fused-ring (bicyclic) bond motifs is 1. The number of aryl methyl sites for hydroxylation is 1. The number of hydrogen-bond acceptors (Lipinski definition) is 8. The van der Waals surface area contributed by atoms with E-state index in [1.165, 1.54) is 14.2 Å². The first kappa shape index (κ1) is 23.4. The summed E-state index contributed by atoms with van der Waals surface area (Å²) in [5.41, 5.74) is 0.337. The second-order valence-corrected chi connectivity index (χ2v) is 8.43. The zero-order chi connectivity index (χ0) is 23.6. The quantitative estimate of drug-likeness (QED) is 0.521. The third kappa shape index (κ3) is 4.80. The van der Waals surface area contributed by atoms with Crippen molar-refractivity contribution in [3.63, 3.8) is 0 Å². The van der Waals surface area contributed by atoms with Gasteiger partial charge in [0.25, 0.3) is 0 Å². The van der Waals surface area contributed by atoms with Crippen LogP contribution in [0.1, 0.15) is 41.6 Å². The van der Waals surface area contributed by atoms with E-state index in [2.05, 4.69) is 0 Å². The van der Waals surface area contributed by atoms with E-state index in [4.69, 9.17) is 19.0 Å². The number of ether oxygens (including phenoxy) is 3. The van der Waals surface area contributed by atoms with E-state index in [1.54, 1.807) is 39.8 Å². The summed E-state index contributed by atoms with van der Waals surface area (Å²) in [6.07, 6.45) is -0.340. The number of nitrogens with zero attached hydrogens (tertiary/aromatic N) is 3. The number of hydrogen-bond donors (Lipinski definition) is 0. The van der Waals surface area contributed by atoms with Gasteiger partial charge in [-0.1, -0.05) is 0 Å². The Morgan fingerprint density at radius 1 is 0.938 bits per heavy atom. The van der Waals surface area contributed by atoms with Gasteiger partial charge in [0.2, 0.25) is 0 Å². The summed E-state index contributed by atoms with van der Waals surface area (Å²) in [6.45, 7) is 7.46. The standard InChI is InChI=1S/C22H29N3O7/c1-22(2,3)31-21(28)24-9-11-25(12-10-24)32-14-7-8-15-16(13-14)23(4)18(20(27)30-6)17(15)19(26)29-5/h7-8,13H,9-12H2,1-6H3. The molecule has 0 N–H and O–H groups in total. The van der Waals surface area contributed by atoms with Crippen LogP contribution in [0.3, 0.4) is 0 Å². The molecule has 32 heavy (non-hydrogen) atoms. The number of rotatable bonds is 4. The Balaban J connectivity index is 1.77. The number of piperazine rings is 1. The topological polar surface area (TPSA) is 99.5 Å². The van der Waals surface area contributed by atoms with Crippen LogP contribution in [0, 0.1) is 0 Å². The third-order valence-electron chi connectivity index (χ3n) is 5.07. The molecule has 0 unspecified atom stereocenters. The number of esters is 2. The highest BCUT2D eigenvalue weighted by Gasteiger charge is 2.29. The fourth-order valence-electron chi connectivity index (χ4n) is 3.55. The van der Waals surface area contributed by atoms with Crippen LogP contribution in [0.2, 0.25) is 0 Å². The first-order valence-electron chi connectivity index (χ1n) is 10.3. The van der Waals surface area contributed by atoms with E-state index < -0.39 is 17.5 Å². The van der Waals surface area contributed by atoms with Crippen LogP contribution in [0.5, 0.6) is 5.75 Å². The Morgan fingerprint density at radius 2 is 1.56 bits per heavy atom. The highest BCUT2D eigenvalue weighted by Crippen LogP contribution is 2.30. The van der Waals surface area contributed by atoms with Crippen LogP contribution in [0.25, 0.3) is 10.9 Å². The molecule has 0 saturated carbocycles. The van der Waals surface area contributed by atoms with Crippen LogP contribution in [0.15, 0.2) is 18.2 Å². The molecular weight excluding hydrogens is 418 g/mol. The lowest BCUT2D eigenvalue weighted by Gasteiger charge is -2.34. The summed E-state index contributed by atoms with van der Waals surface area (Å²) in [7, 11) is 4.19. The molecule has 1 saturated heterocycles. The number of amides is 1. The van der Waals surface area contributed by atoms with Gasteiger partial charge in [-0.3, -0.25) is 0 Å². The van der Waals surface area contributed by atoms with Gasteiger partial charge in [-0.05, 0) is 32.9 Å². The molecule has 1 aliphatic heterocycles. The van der Waals surface area contributed by atoms with Crippen molar-refractivity contribution < 1.29 is 33.4 Å². The van der Waals surface area contributed by atoms with Crippen molar-refractivity contribution in [2.75, 3.05) is 40.4 Å². The summed E-state index contributed by atoms with van der Waals surface area (Å²) < 4.78 is 16.7. The molecule has 0 spiro atoms. The van der Waals surface area contributed by atoms with E-state index in [9.17, 15) is 14.4 Å². The number of benzene rings is 1. The molecule has 174 valence electrons. The summed E-state index contributed by atoms with van der Waals surface area (Å²) in [6, 6.07) is 5.17. The van der Waals surface area contributed by atoms with E-state index in [1.807, 2.05) is 20.8 Å². The summed E-state index contributed by atoms with van der Waals surface area (Å²) >= 11 is 0. The molecule has 2 heterocycles. The lowest BCUT2D eigenvalue weighted by molar-refractivity contribution is -0.0888. The smallest absolute Gasteiger partial charge is 0.410 e. The molecule has 3 rings (SSSR count). The minimum Gasteiger partial charge on any atom is -0.465 e. The average Bonchev–Trinajstić information content (AvgIpc) is 3.04. The van der Waals surface area contributed by atoms with Crippen LogP contribution in [0.4, 0.5) is 4.79 Å². The molecule has 0 radical (unpaired) electrons. The largest absolute Gasteiger partial charge is 0.465 e. The van der Waals surface area contributed by atoms with Crippen molar-refractivity contribution in [1.82, 2.24) is 14.5 Å². The maximum atomic E-state index is 12.3. The van der Waals surface area contributed by atoms with Crippen molar-refractivity contribution in [3.8, 4) is 5.75 Å². The molecule has 0 bridgehead atoms. The molecular formula is C22H29N3O7. The molecule has 1 amide bonds. The molecule has 10 heteroatoms. The minimum absolute atomic E-state index is 0.109. The van der Waals surface area contributed by atoms with Crippen molar-refractivity contribution in [1.29, 1.82) is 0 Å². The van der Waals surface area contributed by atoms with Crippen molar-refractivity contribution in [2.45, 2.75) is 26.4 Å². The van der Waals surface area contributed by atoms with Gasteiger partial charge in [0.05, 0.1) is 32.8 Å². The van der Waals surface area contributed by atoms with Gasteiger partial charge in [-0.25, -0.2) is 14.4 Å². The van der Waals surface area contributed by atoms with Crippen molar-refractivity contribution in [3.05, 3.63) is 29.5 Å². The van der Waals surface area contributed by atoms with Gasteiger partial charge in [-0.2, -0.15) is 0 Å². The molecule has 1 aromatic heterocycles. The van der Waals surface area contributed by atoms with Gasteiger partial charge in [0.1, 0.15) is 22.6 Å². The van der Waals surface area contributed by atoms with Crippen LogP contribution in [-0.4, -0.2) is 78.6 Å². The number of methoxy groups -OCH3 is 2. The molecule has 10 nitrogen and oxygen atoms in total. The Morgan fingerprint density at radius 3 is 2.12 bits per heavy atom. The monoisotopic (exact) mass is 447 g/mol. The van der Waals surface area contributed by atoms with Crippen molar-refractivity contribution in [2.24, 2.45) is 7.05 Å². The molecule has 0 atom stereocenters. The highest BCUT2D eigenvalue weighted by atomic mass is 16.7. The lowest BCUT2D eigenvalue weighted by Crippen LogP contribution is -2.50. The van der Waals surface area contributed by atoms with E-state index in [-0.39, 0.29) is 17.4 Å². The molecule has 1 aromatic carbocycles. The van der Waals surface area contributed by atoms with Gasteiger partial charge in [0.15, 0.2) is 0 Å². The minimum atomic E-state index is -0.634. The summed E-state index contributed by atoms with van der Waals surface area (Å²) in [4.78, 5) is 44.5. The molecule has 2 aromatic rings. The zero-order valence-corrected chi connectivity index (χ0v) is 19.3. The second kappa shape index (κ2) is 9.07.